The summed E-state index contributed by atoms with van der Waals surface area (Å²) in [7, 11) is 1.60. The molecular weight excluding hydrogens is 270 g/mol. The molecule has 110 valence electrons. The first-order valence-electron chi connectivity index (χ1n) is 6.51. The molecule has 0 fully saturated rings. The number of carboxylic acids is 1. The number of hydrogen-bond donors (Lipinski definition) is 2. The molecule has 0 aliphatic heterocycles. The maximum atomic E-state index is 11.2. The van der Waals surface area contributed by atoms with Gasteiger partial charge in [0.05, 0.1) is 12.8 Å². The van der Waals surface area contributed by atoms with Crippen LogP contribution in [-0.2, 0) is 0 Å². The maximum Gasteiger partial charge on any atom is 0.339 e. The van der Waals surface area contributed by atoms with Crippen LogP contribution in [0.25, 0.3) is 0 Å². The second-order valence-corrected chi connectivity index (χ2v) is 4.83. The zero-order valence-corrected chi connectivity index (χ0v) is 12.1. The van der Waals surface area contributed by atoms with E-state index in [1.807, 2.05) is 31.2 Å². The molecule has 1 unspecified atom stereocenters. The first-order valence-corrected chi connectivity index (χ1v) is 6.51. The van der Waals surface area contributed by atoms with Gasteiger partial charge in [0.2, 0.25) is 0 Å². The van der Waals surface area contributed by atoms with Gasteiger partial charge in [-0.1, -0.05) is 19.1 Å². The third-order valence-electron chi connectivity index (χ3n) is 3.48. The first-order chi connectivity index (χ1) is 9.93. The fraction of sp³-hybridized carbons (Fsp3) is 0.250. The molecule has 2 rings (SSSR count). The summed E-state index contributed by atoms with van der Waals surface area (Å²) in [5, 5.41) is 18.9. The number of aromatic nitrogens is 1. The van der Waals surface area contributed by atoms with E-state index in [9.17, 15) is 9.90 Å². The van der Waals surface area contributed by atoms with E-state index in [1.54, 1.807) is 14.0 Å². The Morgan fingerprint density at radius 1 is 1.29 bits per heavy atom. The van der Waals surface area contributed by atoms with Crippen molar-refractivity contribution in [3.05, 3.63) is 52.8 Å². The highest BCUT2D eigenvalue weighted by molar-refractivity contribution is 5.91. The lowest BCUT2D eigenvalue weighted by Gasteiger charge is -2.14. The fourth-order valence-electron chi connectivity index (χ4n) is 2.14. The van der Waals surface area contributed by atoms with Gasteiger partial charge in [-0.05, 0) is 30.7 Å². The number of rotatable bonds is 4. The van der Waals surface area contributed by atoms with E-state index in [0.29, 0.717) is 11.4 Å². The molecule has 0 aliphatic rings. The summed E-state index contributed by atoms with van der Waals surface area (Å²) in [5.41, 5.74) is 1.78. The summed E-state index contributed by atoms with van der Waals surface area (Å²) in [6.45, 7) is 3.53. The average Bonchev–Trinajstić information content (AvgIpc) is 2.49. The van der Waals surface area contributed by atoms with Crippen LogP contribution in [0.15, 0.2) is 30.3 Å². The summed E-state index contributed by atoms with van der Waals surface area (Å²) in [6.07, 6.45) is 0. The molecule has 2 N–H and O–H groups in total. The van der Waals surface area contributed by atoms with Gasteiger partial charge in [0.1, 0.15) is 11.3 Å². The van der Waals surface area contributed by atoms with Crippen molar-refractivity contribution in [2.24, 2.45) is 0 Å². The Balaban J connectivity index is 2.42. The Labute approximate surface area is 122 Å². The Morgan fingerprint density at radius 2 is 1.90 bits per heavy atom. The predicted molar refractivity (Wildman–Crippen MR) is 78.1 cm³/mol. The van der Waals surface area contributed by atoms with E-state index >= 15 is 0 Å². The molecular formula is C16H17NO4. The van der Waals surface area contributed by atoms with Crippen LogP contribution in [0.5, 0.6) is 11.5 Å². The molecule has 0 amide bonds. The van der Waals surface area contributed by atoms with E-state index in [0.717, 1.165) is 11.3 Å². The molecule has 2 aromatic rings. The topological polar surface area (TPSA) is 79.7 Å². The quantitative estimate of drug-likeness (QED) is 0.903. The van der Waals surface area contributed by atoms with Crippen LogP contribution in [0.4, 0.5) is 0 Å². The van der Waals surface area contributed by atoms with Gasteiger partial charge >= 0.3 is 5.97 Å². The standard InChI is InChI=1S/C16H17NO4/c1-9(11-4-6-12(21-3)7-5-11)14-8-13(16(19)20)15(18)10(2)17-14/h4-9,18H,1-3H3,(H,19,20). The molecule has 1 heterocycles. The summed E-state index contributed by atoms with van der Waals surface area (Å²) in [4.78, 5) is 15.5. The Morgan fingerprint density at radius 3 is 2.43 bits per heavy atom. The van der Waals surface area contributed by atoms with Gasteiger partial charge in [-0.25, -0.2) is 4.79 Å². The minimum atomic E-state index is -1.17. The summed E-state index contributed by atoms with van der Waals surface area (Å²) < 4.78 is 5.11. The van der Waals surface area contributed by atoms with Crippen molar-refractivity contribution in [2.45, 2.75) is 19.8 Å². The highest BCUT2D eigenvalue weighted by Crippen LogP contribution is 2.29. The number of benzene rings is 1. The van der Waals surface area contributed by atoms with E-state index in [-0.39, 0.29) is 17.2 Å². The van der Waals surface area contributed by atoms with E-state index in [2.05, 4.69) is 4.98 Å². The zero-order chi connectivity index (χ0) is 15.6. The number of hydrogen-bond acceptors (Lipinski definition) is 4. The van der Waals surface area contributed by atoms with Crippen molar-refractivity contribution in [1.29, 1.82) is 0 Å². The smallest absolute Gasteiger partial charge is 0.339 e. The van der Waals surface area contributed by atoms with Gasteiger partial charge in [-0.2, -0.15) is 0 Å². The first kappa shape index (κ1) is 14.8. The van der Waals surface area contributed by atoms with Crippen LogP contribution in [0, 0.1) is 6.92 Å². The molecule has 1 atom stereocenters. The van der Waals surface area contributed by atoms with Crippen molar-refractivity contribution >= 4 is 5.97 Å². The monoisotopic (exact) mass is 287 g/mol. The molecule has 0 saturated heterocycles. The van der Waals surface area contributed by atoms with Crippen LogP contribution in [0.1, 0.15) is 40.2 Å². The largest absolute Gasteiger partial charge is 0.505 e. The number of ether oxygens (including phenoxy) is 1. The second-order valence-electron chi connectivity index (χ2n) is 4.83. The Kier molecular flexibility index (Phi) is 4.12. The number of aromatic carboxylic acids is 1. The number of carboxylic acid groups (broad SMARTS) is 1. The van der Waals surface area contributed by atoms with E-state index < -0.39 is 5.97 Å². The summed E-state index contributed by atoms with van der Waals surface area (Å²) in [6, 6.07) is 8.93. The van der Waals surface area contributed by atoms with Crippen molar-refractivity contribution in [2.75, 3.05) is 7.11 Å². The fourth-order valence-corrected chi connectivity index (χ4v) is 2.14. The lowest BCUT2D eigenvalue weighted by atomic mass is 9.95. The van der Waals surface area contributed by atoms with Crippen LogP contribution in [-0.4, -0.2) is 28.3 Å². The van der Waals surface area contributed by atoms with Crippen LogP contribution in [0.2, 0.25) is 0 Å². The van der Waals surface area contributed by atoms with Crippen LogP contribution < -0.4 is 4.74 Å². The zero-order valence-electron chi connectivity index (χ0n) is 12.1. The number of pyridine rings is 1. The third-order valence-corrected chi connectivity index (χ3v) is 3.48. The number of carbonyl (C=O) groups is 1. The van der Waals surface area contributed by atoms with Crippen molar-refractivity contribution in [3.8, 4) is 11.5 Å². The van der Waals surface area contributed by atoms with E-state index in [1.165, 1.54) is 6.07 Å². The summed E-state index contributed by atoms with van der Waals surface area (Å²) in [5.74, 6) is -0.783. The normalized spacial score (nSPS) is 12.0. The highest BCUT2D eigenvalue weighted by atomic mass is 16.5. The third kappa shape index (κ3) is 2.97. The number of aryl methyl sites for hydroxylation is 1. The van der Waals surface area contributed by atoms with Crippen LogP contribution >= 0.6 is 0 Å². The number of nitrogens with zero attached hydrogens (tertiary/aromatic N) is 1. The molecule has 0 bridgehead atoms. The molecule has 5 heteroatoms. The minimum absolute atomic E-state index is 0.0895. The van der Waals surface area contributed by atoms with Crippen molar-refractivity contribution in [1.82, 2.24) is 4.98 Å². The number of aromatic hydroxyl groups is 1. The molecule has 0 aliphatic carbocycles. The van der Waals surface area contributed by atoms with Gasteiger partial charge in [-0.3, -0.25) is 4.98 Å². The lowest BCUT2D eigenvalue weighted by molar-refractivity contribution is 0.0693. The Bertz CT molecular complexity index is 665. The average molecular weight is 287 g/mol. The molecule has 0 saturated carbocycles. The van der Waals surface area contributed by atoms with Gasteiger partial charge in [-0.15, -0.1) is 0 Å². The molecule has 5 nitrogen and oxygen atoms in total. The van der Waals surface area contributed by atoms with Gasteiger partial charge in [0.25, 0.3) is 0 Å². The number of methoxy groups -OCH3 is 1. The van der Waals surface area contributed by atoms with Gasteiger partial charge < -0.3 is 14.9 Å². The molecule has 21 heavy (non-hydrogen) atoms. The summed E-state index contributed by atoms with van der Waals surface area (Å²) >= 11 is 0. The second kappa shape index (κ2) is 5.83. The highest BCUT2D eigenvalue weighted by Gasteiger charge is 2.18. The van der Waals surface area contributed by atoms with Crippen LogP contribution in [0.3, 0.4) is 0 Å². The van der Waals surface area contributed by atoms with E-state index in [4.69, 9.17) is 9.84 Å². The SMILES string of the molecule is COc1ccc(C(C)c2cc(C(=O)O)c(O)c(C)n2)cc1. The molecule has 0 radical (unpaired) electrons. The Hall–Kier alpha value is -2.56. The van der Waals surface area contributed by atoms with Gasteiger partial charge in [0, 0.05) is 11.6 Å². The minimum Gasteiger partial charge on any atom is -0.505 e. The predicted octanol–water partition coefficient (Wildman–Crippen LogP) is 2.95. The van der Waals surface area contributed by atoms with Crippen molar-refractivity contribution in [3.63, 3.8) is 0 Å². The maximum absolute atomic E-state index is 11.2. The molecule has 0 spiro atoms. The van der Waals surface area contributed by atoms with Crippen molar-refractivity contribution < 1.29 is 19.7 Å². The van der Waals surface area contributed by atoms with Gasteiger partial charge in [0.15, 0.2) is 5.75 Å². The lowest BCUT2D eigenvalue weighted by Crippen LogP contribution is -2.06. The molecule has 1 aromatic heterocycles. The molecule has 1 aromatic carbocycles.